The van der Waals surface area contributed by atoms with E-state index >= 15 is 0 Å². The van der Waals surface area contributed by atoms with Crippen LogP contribution in [-0.4, -0.2) is 47.3 Å². The highest BCUT2D eigenvalue weighted by Gasteiger charge is 2.19. The second-order valence-corrected chi connectivity index (χ2v) is 7.95. The van der Waals surface area contributed by atoms with Crippen molar-refractivity contribution in [1.82, 2.24) is 34.7 Å². The van der Waals surface area contributed by atoms with Gasteiger partial charge in [-0.15, -0.1) is 0 Å². The number of fused-ring (bicyclic) bond motifs is 1. The second-order valence-electron chi connectivity index (χ2n) is 7.10. The maximum Gasteiger partial charge on any atom is 0.311 e. The van der Waals surface area contributed by atoms with Gasteiger partial charge in [-0.05, 0) is 57.0 Å². The Morgan fingerprint density at radius 3 is 2.72 bits per heavy atom. The Balaban J connectivity index is 1.54. The number of halogens is 1. The number of hydrogen-bond acceptors (Lipinski definition) is 8. The lowest BCUT2D eigenvalue weighted by Crippen LogP contribution is -2.11. The third-order valence-corrected chi connectivity index (χ3v) is 5.34. The van der Waals surface area contributed by atoms with Crippen LogP contribution in [0.25, 0.3) is 17.0 Å². The molecule has 0 unspecified atom stereocenters. The minimum absolute atomic E-state index is 0.119. The van der Waals surface area contributed by atoms with Crippen molar-refractivity contribution >= 4 is 32.9 Å². The third-order valence-electron chi connectivity index (χ3n) is 4.70. The number of hydrogen-bond donors (Lipinski definition) is 0. The molecule has 4 aromatic rings. The molecule has 0 fully saturated rings. The number of carbonyl (C=O) groups excluding carboxylic acids is 1. The van der Waals surface area contributed by atoms with E-state index in [0.717, 1.165) is 28.3 Å². The van der Waals surface area contributed by atoms with Gasteiger partial charge in [-0.25, -0.2) is 9.25 Å². The van der Waals surface area contributed by atoms with Crippen LogP contribution in [0.15, 0.2) is 40.9 Å². The van der Waals surface area contributed by atoms with E-state index in [2.05, 4.69) is 41.4 Å². The van der Waals surface area contributed by atoms with Crippen molar-refractivity contribution in [3.05, 3.63) is 52.3 Å². The molecule has 0 aliphatic rings. The highest BCUT2D eigenvalue weighted by Crippen LogP contribution is 2.30. The normalized spacial score (nSPS) is 11.1. The van der Waals surface area contributed by atoms with Gasteiger partial charge < -0.3 is 9.47 Å². The largest absolute Gasteiger partial charge is 0.465 e. The fourth-order valence-corrected chi connectivity index (χ4v) is 3.57. The van der Waals surface area contributed by atoms with Crippen molar-refractivity contribution < 1.29 is 14.3 Å². The van der Waals surface area contributed by atoms with E-state index < -0.39 is 0 Å². The van der Waals surface area contributed by atoms with E-state index in [1.165, 1.54) is 4.68 Å². The van der Waals surface area contributed by atoms with Gasteiger partial charge >= 0.3 is 12.0 Å². The Morgan fingerprint density at radius 1 is 1.12 bits per heavy atom. The van der Waals surface area contributed by atoms with Gasteiger partial charge in [-0.1, -0.05) is 30.6 Å². The Kier molecular flexibility index (Phi) is 6.74. The number of para-hydroxylation sites is 1. The van der Waals surface area contributed by atoms with Crippen LogP contribution < -0.4 is 4.74 Å². The van der Waals surface area contributed by atoms with Crippen LogP contribution in [0.2, 0.25) is 0 Å². The molecule has 0 aliphatic carbocycles. The molecule has 0 amide bonds. The topological polar surface area (TPSA) is 110 Å². The van der Waals surface area contributed by atoms with Crippen LogP contribution >= 0.6 is 15.9 Å². The fraction of sp³-hybridized carbons (Fsp3) is 0.333. The van der Waals surface area contributed by atoms with Crippen LogP contribution in [0.3, 0.4) is 0 Å². The predicted octanol–water partition coefficient (Wildman–Crippen LogP) is 3.17. The summed E-state index contributed by atoms with van der Waals surface area (Å²) in [5, 5.41) is 11.7. The number of imidazole rings is 1. The molecular weight excluding hydrogens is 478 g/mol. The SMILES string of the molecule is CCCCOC(=O)Cc1cccc(COc2nc3c(Br)cccc3n2-c2nnnn2C)n1. The summed E-state index contributed by atoms with van der Waals surface area (Å²) in [5.41, 5.74) is 2.81. The average molecular weight is 500 g/mol. The highest BCUT2D eigenvalue weighted by atomic mass is 79.9. The number of tetrazole rings is 1. The Labute approximate surface area is 192 Å². The van der Waals surface area contributed by atoms with Gasteiger partial charge in [0.05, 0.1) is 29.9 Å². The molecule has 0 radical (unpaired) electrons. The number of pyridine rings is 1. The molecule has 1 aromatic carbocycles. The van der Waals surface area contributed by atoms with Gasteiger partial charge in [0, 0.05) is 11.5 Å². The van der Waals surface area contributed by atoms with Crippen molar-refractivity contribution in [3.63, 3.8) is 0 Å². The molecule has 0 aliphatic heterocycles. The number of benzene rings is 1. The van der Waals surface area contributed by atoms with Crippen LogP contribution in [0, 0.1) is 0 Å². The van der Waals surface area contributed by atoms with Gasteiger partial charge in [0.2, 0.25) is 0 Å². The van der Waals surface area contributed by atoms with E-state index in [-0.39, 0.29) is 19.0 Å². The number of nitrogens with zero attached hydrogens (tertiary/aromatic N) is 7. The molecule has 0 bridgehead atoms. The molecule has 0 saturated heterocycles. The van der Waals surface area contributed by atoms with Crippen LogP contribution in [0.4, 0.5) is 0 Å². The summed E-state index contributed by atoms with van der Waals surface area (Å²) in [6, 6.07) is 11.5. The summed E-state index contributed by atoms with van der Waals surface area (Å²) in [7, 11) is 1.74. The summed E-state index contributed by atoms with van der Waals surface area (Å²) in [4.78, 5) is 21.1. The quantitative estimate of drug-likeness (QED) is 0.255. The first-order valence-electron chi connectivity index (χ1n) is 10.2. The van der Waals surface area contributed by atoms with Gasteiger partial charge in [-0.3, -0.25) is 9.78 Å². The Hall–Kier alpha value is -3.34. The molecule has 3 heterocycles. The maximum atomic E-state index is 12.0. The first kappa shape index (κ1) is 21.9. The summed E-state index contributed by atoms with van der Waals surface area (Å²) >= 11 is 3.53. The number of carbonyl (C=O) groups is 1. The van der Waals surface area contributed by atoms with Crippen molar-refractivity contribution in [1.29, 1.82) is 0 Å². The first-order valence-corrected chi connectivity index (χ1v) is 11.0. The molecule has 0 saturated carbocycles. The number of esters is 1. The molecule has 0 N–H and O–H groups in total. The zero-order valence-corrected chi connectivity index (χ0v) is 19.3. The number of unbranched alkanes of at least 4 members (excludes halogenated alkanes) is 1. The standard InChI is InChI=1S/C21H22BrN7O3/c1-3-4-11-31-18(30)12-14-7-5-8-15(23-14)13-32-21-24-19-16(22)9-6-10-17(19)29(21)20-25-26-27-28(20)2/h5-10H,3-4,11-13H2,1-2H3. The van der Waals surface area contributed by atoms with E-state index in [4.69, 9.17) is 9.47 Å². The van der Waals surface area contributed by atoms with Crippen molar-refractivity contribution in [2.45, 2.75) is 32.8 Å². The molecule has 11 heteroatoms. The molecule has 10 nitrogen and oxygen atoms in total. The van der Waals surface area contributed by atoms with Gasteiger partial charge in [0.15, 0.2) is 0 Å². The van der Waals surface area contributed by atoms with Crippen LogP contribution in [-0.2, 0) is 29.6 Å². The zero-order chi connectivity index (χ0) is 22.5. The van der Waals surface area contributed by atoms with E-state index in [9.17, 15) is 4.79 Å². The highest BCUT2D eigenvalue weighted by molar-refractivity contribution is 9.10. The van der Waals surface area contributed by atoms with E-state index in [0.29, 0.717) is 30.0 Å². The second kappa shape index (κ2) is 9.86. The van der Waals surface area contributed by atoms with Crippen LogP contribution in [0.5, 0.6) is 6.01 Å². The van der Waals surface area contributed by atoms with E-state index in [1.54, 1.807) is 17.7 Å². The van der Waals surface area contributed by atoms with Gasteiger partial charge in [0.1, 0.15) is 12.1 Å². The fourth-order valence-electron chi connectivity index (χ4n) is 3.12. The van der Waals surface area contributed by atoms with E-state index in [1.807, 2.05) is 37.3 Å². The molecule has 0 atom stereocenters. The maximum absolute atomic E-state index is 12.0. The number of aryl methyl sites for hydroxylation is 1. The molecule has 0 spiro atoms. The summed E-state index contributed by atoms with van der Waals surface area (Å²) < 4.78 is 15.4. The molecule has 3 aromatic heterocycles. The molecule has 32 heavy (non-hydrogen) atoms. The predicted molar refractivity (Wildman–Crippen MR) is 119 cm³/mol. The number of aromatic nitrogens is 7. The van der Waals surface area contributed by atoms with Gasteiger partial charge in [-0.2, -0.15) is 4.98 Å². The summed E-state index contributed by atoms with van der Waals surface area (Å²) in [5.74, 6) is 0.183. The average Bonchev–Trinajstić information content (AvgIpc) is 3.36. The van der Waals surface area contributed by atoms with Crippen molar-refractivity contribution in [2.75, 3.05) is 6.61 Å². The lowest BCUT2D eigenvalue weighted by molar-refractivity contribution is -0.143. The minimum atomic E-state index is -0.287. The molecule has 166 valence electrons. The Bertz CT molecular complexity index is 1240. The smallest absolute Gasteiger partial charge is 0.311 e. The Morgan fingerprint density at radius 2 is 1.94 bits per heavy atom. The first-order chi connectivity index (χ1) is 15.6. The van der Waals surface area contributed by atoms with Gasteiger partial charge in [0.25, 0.3) is 5.95 Å². The summed E-state index contributed by atoms with van der Waals surface area (Å²) in [6.45, 7) is 2.64. The lowest BCUT2D eigenvalue weighted by atomic mass is 10.2. The van der Waals surface area contributed by atoms with Crippen molar-refractivity contribution in [2.24, 2.45) is 7.05 Å². The molecular formula is C21H22BrN7O3. The third kappa shape index (κ3) is 4.77. The van der Waals surface area contributed by atoms with Crippen LogP contribution in [0.1, 0.15) is 31.2 Å². The van der Waals surface area contributed by atoms with Crippen molar-refractivity contribution in [3.8, 4) is 12.0 Å². The summed E-state index contributed by atoms with van der Waals surface area (Å²) in [6.07, 6.45) is 1.95. The number of ether oxygens (including phenoxy) is 2. The monoisotopic (exact) mass is 499 g/mol. The molecule has 4 rings (SSSR count). The lowest BCUT2D eigenvalue weighted by Gasteiger charge is -2.09. The zero-order valence-electron chi connectivity index (χ0n) is 17.7. The number of rotatable bonds is 9. The minimum Gasteiger partial charge on any atom is -0.465 e.